The Hall–Kier alpha value is -4.93. The first kappa shape index (κ1) is 20.3. The number of anilines is 1. The molecule has 158 valence electrons. The van der Waals surface area contributed by atoms with E-state index in [4.69, 9.17) is 4.74 Å². The lowest BCUT2D eigenvalue weighted by molar-refractivity contribution is -0.394. The third-order valence-electron chi connectivity index (χ3n) is 4.71. The van der Waals surface area contributed by atoms with Gasteiger partial charge >= 0.3 is 5.97 Å². The van der Waals surface area contributed by atoms with Gasteiger partial charge in [0, 0.05) is 6.07 Å². The number of amides is 2. The van der Waals surface area contributed by atoms with Crippen LogP contribution in [0.5, 0.6) is 5.75 Å². The highest BCUT2D eigenvalue weighted by molar-refractivity contribution is 6.34. The third-order valence-corrected chi connectivity index (χ3v) is 4.71. The zero-order valence-corrected chi connectivity index (χ0v) is 16.0. The first-order valence-electron chi connectivity index (χ1n) is 9.01. The molecule has 3 aromatic rings. The van der Waals surface area contributed by atoms with Crippen molar-refractivity contribution in [2.75, 3.05) is 4.90 Å². The molecule has 0 unspecified atom stereocenters. The van der Waals surface area contributed by atoms with Gasteiger partial charge in [-0.2, -0.15) is 0 Å². The molecule has 1 aliphatic rings. The van der Waals surface area contributed by atoms with E-state index in [0.717, 1.165) is 17.0 Å². The molecule has 0 bridgehead atoms. The first-order valence-corrected chi connectivity index (χ1v) is 9.01. The number of rotatable bonds is 5. The van der Waals surface area contributed by atoms with Crippen LogP contribution in [0, 0.1) is 20.2 Å². The van der Waals surface area contributed by atoms with Crippen molar-refractivity contribution in [2.24, 2.45) is 0 Å². The van der Waals surface area contributed by atoms with Crippen molar-refractivity contribution in [2.45, 2.75) is 0 Å². The van der Waals surface area contributed by atoms with Gasteiger partial charge in [0.25, 0.3) is 23.2 Å². The lowest BCUT2D eigenvalue weighted by atomic mass is 10.1. The number of hydrogen-bond donors (Lipinski definition) is 0. The average molecular weight is 433 g/mol. The van der Waals surface area contributed by atoms with Crippen LogP contribution in [0.15, 0.2) is 66.7 Å². The second-order valence-electron chi connectivity index (χ2n) is 6.56. The fourth-order valence-corrected chi connectivity index (χ4v) is 3.25. The van der Waals surface area contributed by atoms with Crippen LogP contribution in [-0.2, 0) is 0 Å². The number of imide groups is 1. The standard InChI is InChI=1S/C21H11N3O8/c25-19-13-5-1-2-6-14(13)20(26)22(19)16-7-3-4-8-18(16)32-21(27)15-10-9-12(23(28)29)11-17(15)24(30)31/h1-11H. The number of carbonyl (C=O) groups is 3. The maximum atomic E-state index is 12.8. The predicted octanol–water partition coefficient (Wildman–Crippen LogP) is 3.52. The smallest absolute Gasteiger partial charge is 0.350 e. The van der Waals surface area contributed by atoms with E-state index in [9.17, 15) is 34.6 Å². The van der Waals surface area contributed by atoms with E-state index in [1.165, 1.54) is 36.4 Å². The van der Waals surface area contributed by atoms with Crippen molar-refractivity contribution in [1.29, 1.82) is 0 Å². The van der Waals surface area contributed by atoms with Crippen molar-refractivity contribution < 1.29 is 29.0 Å². The Morgan fingerprint density at radius 3 is 2.00 bits per heavy atom. The van der Waals surface area contributed by atoms with Gasteiger partial charge in [-0.1, -0.05) is 24.3 Å². The van der Waals surface area contributed by atoms with E-state index in [2.05, 4.69) is 0 Å². The summed E-state index contributed by atoms with van der Waals surface area (Å²) in [5, 5.41) is 22.2. The van der Waals surface area contributed by atoms with Gasteiger partial charge in [0.1, 0.15) is 5.56 Å². The quantitative estimate of drug-likeness (QED) is 0.195. The van der Waals surface area contributed by atoms with Crippen LogP contribution < -0.4 is 9.64 Å². The van der Waals surface area contributed by atoms with E-state index >= 15 is 0 Å². The number of nitrogens with zero attached hydrogens (tertiary/aromatic N) is 3. The molecule has 0 saturated carbocycles. The second kappa shape index (κ2) is 7.72. The molecule has 0 aromatic heterocycles. The Morgan fingerprint density at radius 1 is 0.812 bits per heavy atom. The monoisotopic (exact) mass is 433 g/mol. The molecule has 11 heteroatoms. The normalized spacial score (nSPS) is 12.4. The van der Waals surface area contributed by atoms with Gasteiger partial charge < -0.3 is 4.74 Å². The summed E-state index contributed by atoms with van der Waals surface area (Å²) in [6.07, 6.45) is 0. The summed E-state index contributed by atoms with van der Waals surface area (Å²) in [7, 11) is 0. The largest absolute Gasteiger partial charge is 0.420 e. The van der Waals surface area contributed by atoms with Gasteiger partial charge in [-0.3, -0.25) is 29.8 Å². The SMILES string of the molecule is O=C(Oc1ccccc1N1C(=O)c2ccccc2C1=O)c1ccc([N+](=O)[O-])cc1[N+](=O)[O-]. The molecular weight excluding hydrogens is 422 g/mol. The van der Waals surface area contributed by atoms with Crippen LogP contribution in [0.4, 0.5) is 17.1 Å². The molecule has 0 atom stereocenters. The molecule has 1 aliphatic heterocycles. The number of benzene rings is 3. The summed E-state index contributed by atoms with van der Waals surface area (Å²) >= 11 is 0. The minimum atomic E-state index is -1.18. The summed E-state index contributed by atoms with van der Waals surface area (Å²) in [6, 6.07) is 14.4. The number of esters is 1. The van der Waals surface area contributed by atoms with Crippen molar-refractivity contribution in [1.82, 2.24) is 0 Å². The molecule has 32 heavy (non-hydrogen) atoms. The van der Waals surface area contributed by atoms with Gasteiger partial charge in [0.15, 0.2) is 5.75 Å². The Kier molecular flexibility index (Phi) is 4.91. The molecule has 0 spiro atoms. The van der Waals surface area contributed by atoms with E-state index in [1.807, 2.05) is 0 Å². The number of ether oxygens (including phenoxy) is 1. The van der Waals surface area contributed by atoms with E-state index < -0.39 is 44.6 Å². The van der Waals surface area contributed by atoms with Crippen LogP contribution in [-0.4, -0.2) is 27.6 Å². The first-order chi connectivity index (χ1) is 15.3. The zero-order valence-electron chi connectivity index (χ0n) is 16.0. The minimum Gasteiger partial charge on any atom is -0.420 e. The molecule has 0 fully saturated rings. The third kappa shape index (κ3) is 3.33. The van der Waals surface area contributed by atoms with Gasteiger partial charge in [0.05, 0.1) is 32.7 Å². The highest BCUT2D eigenvalue weighted by atomic mass is 16.6. The molecule has 0 aliphatic carbocycles. The molecule has 0 saturated heterocycles. The Labute approximate surface area is 178 Å². The molecule has 4 rings (SSSR count). The fraction of sp³-hybridized carbons (Fsp3) is 0. The van der Waals surface area contributed by atoms with Gasteiger partial charge in [-0.25, -0.2) is 9.69 Å². The Morgan fingerprint density at radius 2 is 1.41 bits per heavy atom. The van der Waals surface area contributed by atoms with Crippen molar-refractivity contribution in [3.05, 3.63) is 104 Å². The number of hydrogen-bond acceptors (Lipinski definition) is 8. The lowest BCUT2D eigenvalue weighted by Gasteiger charge is -2.17. The zero-order chi connectivity index (χ0) is 23.0. The van der Waals surface area contributed by atoms with Crippen molar-refractivity contribution in [3.63, 3.8) is 0 Å². The molecule has 0 radical (unpaired) electrons. The number of non-ortho nitro benzene ring substituents is 1. The number of nitro groups is 2. The number of nitro benzene ring substituents is 2. The molecule has 2 amide bonds. The topological polar surface area (TPSA) is 150 Å². The molecule has 0 N–H and O–H groups in total. The van der Waals surface area contributed by atoms with E-state index in [-0.39, 0.29) is 22.6 Å². The maximum Gasteiger partial charge on any atom is 0.350 e. The van der Waals surface area contributed by atoms with Crippen LogP contribution in [0.25, 0.3) is 0 Å². The van der Waals surface area contributed by atoms with E-state index in [1.54, 1.807) is 12.1 Å². The highest BCUT2D eigenvalue weighted by Gasteiger charge is 2.38. The average Bonchev–Trinajstić information content (AvgIpc) is 3.04. The number of para-hydroxylation sites is 2. The highest BCUT2D eigenvalue weighted by Crippen LogP contribution is 2.35. The maximum absolute atomic E-state index is 12.8. The molecular formula is C21H11N3O8. The molecule has 3 aromatic carbocycles. The van der Waals surface area contributed by atoms with Crippen LogP contribution in [0.1, 0.15) is 31.1 Å². The Balaban J connectivity index is 1.71. The van der Waals surface area contributed by atoms with Crippen molar-refractivity contribution in [3.8, 4) is 5.75 Å². The fourth-order valence-electron chi connectivity index (χ4n) is 3.25. The summed E-state index contributed by atoms with van der Waals surface area (Å²) in [5.41, 5.74) is -1.58. The molecule has 1 heterocycles. The van der Waals surface area contributed by atoms with Gasteiger partial charge in [-0.05, 0) is 30.3 Å². The number of fused-ring (bicyclic) bond motifs is 1. The summed E-state index contributed by atoms with van der Waals surface area (Å²) < 4.78 is 5.27. The molecule has 11 nitrogen and oxygen atoms in total. The number of carbonyl (C=O) groups excluding carboxylic acids is 3. The van der Waals surface area contributed by atoms with Crippen LogP contribution in [0.2, 0.25) is 0 Å². The van der Waals surface area contributed by atoms with Crippen LogP contribution >= 0.6 is 0 Å². The Bertz CT molecular complexity index is 1300. The second-order valence-corrected chi connectivity index (χ2v) is 6.56. The van der Waals surface area contributed by atoms with Gasteiger partial charge in [-0.15, -0.1) is 0 Å². The van der Waals surface area contributed by atoms with E-state index in [0.29, 0.717) is 6.07 Å². The van der Waals surface area contributed by atoms with Crippen LogP contribution in [0.3, 0.4) is 0 Å². The predicted molar refractivity (Wildman–Crippen MR) is 109 cm³/mol. The summed E-state index contributed by atoms with van der Waals surface area (Å²) in [4.78, 5) is 59.5. The summed E-state index contributed by atoms with van der Waals surface area (Å²) in [6.45, 7) is 0. The summed E-state index contributed by atoms with van der Waals surface area (Å²) in [5.74, 6) is -2.61. The van der Waals surface area contributed by atoms with Crippen molar-refractivity contribution >= 4 is 34.8 Å². The lowest BCUT2D eigenvalue weighted by Crippen LogP contribution is -2.30. The van der Waals surface area contributed by atoms with Gasteiger partial charge in [0.2, 0.25) is 0 Å². The minimum absolute atomic E-state index is 0.0309.